The van der Waals surface area contributed by atoms with Crippen LogP contribution in [-0.4, -0.2) is 43.5 Å². The Bertz CT molecular complexity index is 504. The van der Waals surface area contributed by atoms with E-state index in [1.807, 2.05) is 0 Å². The van der Waals surface area contributed by atoms with Crippen LogP contribution >= 0.6 is 24.8 Å². The molecule has 1 aromatic rings. The molecule has 2 heterocycles. The molecule has 1 unspecified atom stereocenters. The van der Waals surface area contributed by atoms with Gasteiger partial charge in [0.2, 0.25) is 5.91 Å². The second-order valence-electron chi connectivity index (χ2n) is 6.40. The molecular weight excluding hydrogens is 333 g/mol. The normalized spacial score (nSPS) is 21.5. The van der Waals surface area contributed by atoms with Crippen molar-refractivity contribution in [1.82, 2.24) is 15.5 Å². The van der Waals surface area contributed by atoms with Crippen molar-refractivity contribution in [3.63, 3.8) is 0 Å². The van der Waals surface area contributed by atoms with Gasteiger partial charge in [-0.05, 0) is 56.4 Å². The summed E-state index contributed by atoms with van der Waals surface area (Å²) >= 11 is 0. The van der Waals surface area contributed by atoms with Gasteiger partial charge in [-0.1, -0.05) is 24.3 Å². The molecule has 1 amide bonds. The number of rotatable bonds is 3. The molecule has 6 heteroatoms. The van der Waals surface area contributed by atoms with Crippen molar-refractivity contribution in [2.75, 3.05) is 26.7 Å². The fourth-order valence-electron chi connectivity index (χ4n) is 3.27. The number of piperidine rings is 1. The van der Waals surface area contributed by atoms with Crippen LogP contribution in [-0.2, 0) is 17.8 Å². The molecule has 0 bridgehead atoms. The van der Waals surface area contributed by atoms with Crippen molar-refractivity contribution in [3.05, 3.63) is 35.4 Å². The summed E-state index contributed by atoms with van der Waals surface area (Å²) in [6.45, 7) is 3.92. The van der Waals surface area contributed by atoms with E-state index in [4.69, 9.17) is 0 Å². The van der Waals surface area contributed by atoms with Crippen LogP contribution in [0.15, 0.2) is 24.3 Å². The molecule has 0 spiro atoms. The molecule has 1 fully saturated rings. The number of nitrogens with zero attached hydrogens (tertiary/aromatic N) is 1. The van der Waals surface area contributed by atoms with Crippen molar-refractivity contribution in [1.29, 1.82) is 0 Å². The van der Waals surface area contributed by atoms with Gasteiger partial charge in [-0.2, -0.15) is 0 Å². The van der Waals surface area contributed by atoms with Crippen LogP contribution in [0.2, 0.25) is 0 Å². The van der Waals surface area contributed by atoms with Gasteiger partial charge in [0.1, 0.15) is 0 Å². The van der Waals surface area contributed by atoms with E-state index in [0.717, 1.165) is 32.6 Å². The highest BCUT2D eigenvalue weighted by Gasteiger charge is 2.24. The van der Waals surface area contributed by atoms with Gasteiger partial charge in [-0.15, -0.1) is 24.8 Å². The quantitative estimate of drug-likeness (QED) is 0.867. The molecular formula is C17H27Cl2N3O. The predicted octanol–water partition coefficient (Wildman–Crippen LogP) is 2.00. The first-order chi connectivity index (χ1) is 10.2. The zero-order chi connectivity index (χ0) is 14.7. The molecule has 2 N–H and O–H groups in total. The first kappa shape index (κ1) is 20.2. The Morgan fingerprint density at radius 3 is 2.57 bits per heavy atom. The van der Waals surface area contributed by atoms with E-state index in [2.05, 4.69) is 46.8 Å². The molecule has 23 heavy (non-hydrogen) atoms. The molecule has 130 valence electrons. The second kappa shape index (κ2) is 9.48. The van der Waals surface area contributed by atoms with Crippen LogP contribution in [0.3, 0.4) is 0 Å². The number of likely N-dealkylation sites (tertiary alicyclic amines) is 1. The average molecular weight is 360 g/mol. The summed E-state index contributed by atoms with van der Waals surface area (Å²) in [5.41, 5.74) is 2.62. The fraction of sp³-hybridized carbons (Fsp3) is 0.588. The van der Waals surface area contributed by atoms with Crippen LogP contribution in [0.5, 0.6) is 0 Å². The predicted molar refractivity (Wildman–Crippen MR) is 98.5 cm³/mol. The first-order valence-corrected chi connectivity index (χ1v) is 7.99. The molecule has 2 aliphatic heterocycles. The molecule has 2 aliphatic rings. The number of nitrogens with one attached hydrogen (secondary N) is 2. The minimum atomic E-state index is -0.0776. The number of benzene rings is 1. The van der Waals surface area contributed by atoms with E-state index in [0.29, 0.717) is 5.92 Å². The van der Waals surface area contributed by atoms with E-state index < -0.39 is 0 Å². The number of halogens is 2. The average Bonchev–Trinajstić information content (AvgIpc) is 2.53. The zero-order valence-corrected chi connectivity index (χ0v) is 15.2. The van der Waals surface area contributed by atoms with Crippen LogP contribution < -0.4 is 10.6 Å². The maximum atomic E-state index is 12.3. The summed E-state index contributed by atoms with van der Waals surface area (Å²) in [4.78, 5) is 14.7. The maximum Gasteiger partial charge on any atom is 0.237 e. The van der Waals surface area contributed by atoms with Crippen molar-refractivity contribution in [3.8, 4) is 0 Å². The zero-order valence-electron chi connectivity index (χ0n) is 13.6. The number of hydrogen-bond acceptors (Lipinski definition) is 3. The van der Waals surface area contributed by atoms with E-state index >= 15 is 0 Å². The van der Waals surface area contributed by atoms with E-state index in [1.54, 1.807) is 0 Å². The second-order valence-corrected chi connectivity index (χ2v) is 6.40. The molecule has 0 saturated carbocycles. The van der Waals surface area contributed by atoms with E-state index in [1.165, 1.54) is 24.0 Å². The monoisotopic (exact) mass is 359 g/mol. The molecule has 1 aromatic carbocycles. The number of amides is 1. The number of carbonyl (C=O) groups is 1. The molecule has 0 aliphatic carbocycles. The Balaban J connectivity index is 0.00000132. The Labute approximate surface area is 151 Å². The summed E-state index contributed by atoms with van der Waals surface area (Å²) in [6.07, 6.45) is 3.19. The smallest absolute Gasteiger partial charge is 0.237 e. The summed E-state index contributed by atoms with van der Waals surface area (Å²) in [7, 11) is 2.16. The highest BCUT2D eigenvalue weighted by atomic mass is 35.5. The minimum absolute atomic E-state index is 0. The van der Waals surface area contributed by atoms with Crippen LogP contribution in [0.25, 0.3) is 0 Å². The number of carbonyl (C=O) groups excluding carboxylic acids is 1. The van der Waals surface area contributed by atoms with E-state index in [-0.39, 0.29) is 36.8 Å². The molecule has 1 atom stereocenters. The lowest BCUT2D eigenvalue weighted by atomic mass is 9.94. The van der Waals surface area contributed by atoms with Gasteiger partial charge in [0.05, 0.1) is 6.04 Å². The van der Waals surface area contributed by atoms with Crippen LogP contribution in [0.4, 0.5) is 0 Å². The fourth-order valence-corrected chi connectivity index (χ4v) is 3.27. The third-order valence-electron chi connectivity index (χ3n) is 4.80. The topological polar surface area (TPSA) is 44.4 Å². The van der Waals surface area contributed by atoms with Gasteiger partial charge in [-0.25, -0.2) is 0 Å². The van der Waals surface area contributed by atoms with Gasteiger partial charge in [0, 0.05) is 13.1 Å². The molecule has 4 nitrogen and oxygen atoms in total. The van der Waals surface area contributed by atoms with Gasteiger partial charge in [0.15, 0.2) is 0 Å². The largest absolute Gasteiger partial charge is 0.354 e. The molecule has 3 rings (SSSR count). The lowest BCUT2D eigenvalue weighted by Gasteiger charge is -2.30. The van der Waals surface area contributed by atoms with Crippen LogP contribution in [0, 0.1) is 5.92 Å². The highest BCUT2D eigenvalue weighted by molar-refractivity contribution is 5.85. The lowest BCUT2D eigenvalue weighted by molar-refractivity contribution is -0.123. The lowest BCUT2D eigenvalue weighted by Crippen LogP contribution is -2.49. The minimum Gasteiger partial charge on any atom is -0.354 e. The summed E-state index contributed by atoms with van der Waals surface area (Å²) in [5, 5.41) is 6.50. The van der Waals surface area contributed by atoms with Gasteiger partial charge < -0.3 is 15.5 Å². The van der Waals surface area contributed by atoms with Crippen molar-refractivity contribution >= 4 is 30.7 Å². The third kappa shape index (κ3) is 5.35. The Kier molecular flexibility index (Phi) is 8.34. The maximum absolute atomic E-state index is 12.3. The van der Waals surface area contributed by atoms with Gasteiger partial charge in [0.25, 0.3) is 0 Å². The Hall–Kier alpha value is -0.810. The summed E-state index contributed by atoms with van der Waals surface area (Å²) < 4.78 is 0. The standard InChI is InChI=1S/C17H25N3O.2ClH/c1-20-8-6-13(7-9-20)11-19-17(21)16-10-14-4-2-3-5-15(14)12-18-16;;/h2-5,13,16,18H,6-12H2,1H3,(H,19,21);2*1H. The summed E-state index contributed by atoms with van der Waals surface area (Å²) in [5.74, 6) is 0.796. The van der Waals surface area contributed by atoms with Gasteiger partial charge >= 0.3 is 0 Å². The number of fused-ring (bicyclic) bond motifs is 1. The van der Waals surface area contributed by atoms with Gasteiger partial charge in [-0.3, -0.25) is 4.79 Å². The highest BCUT2D eigenvalue weighted by Crippen LogP contribution is 2.17. The van der Waals surface area contributed by atoms with Crippen molar-refractivity contribution in [2.45, 2.75) is 31.8 Å². The Morgan fingerprint density at radius 2 is 1.87 bits per heavy atom. The van der Waals surface area contributed by atoms with Crippen molar-refractivity contribution < 1.29 is 4.79 Å². The number of hydrogen-bond donors (Lipinski definition) is 2. The summed E-state index contributed by atoms with van der Waals surface area (Å²) in [6, 6.07) is 8.30. The first-order valence-electron chi connectivity index (χ1n) is 7.99. The molecule has 0 aromatic heterocycles. The Morgan fingerprint density at radius 1 is 1.22 bits per heavy atom. The molecule has 1 saturated heterocycles. The van der Waals surface area contributed by atoms with E-state index in [9.17, 15) is 4.79 Å². The van der Waals surface area contributed by atoms with Crippen LogP contribution in [0.1, 0.15) is 24.0 Å². The van der Waals surface area contributed by atoms with Crippen molar-refractivity contribution in [2.24, 2.45) is 5.92 Å². The SMILES string of the molecule is CN1CCC(CNC(=O)C2Cc3ccccc3CN2)CC1.Cl.Cl. The molecule has 0 radical (unpaired) electrons. The third-order valence-corrected chi connectivity index (χ3v) is 4.80.